The molecule has 1 atom stereocenters. The number of nitrogens with two attached hydrogens (primary N) is 1. The first-order chi connectivity index (χ1) is 9.19. The lowest BCUT2D eigenvalue weighted by molar-refractivity contribution is 0.0536. The van der Waals surface area contributed by atoms with E-state index in [1.54, 1.807) is 11.3 Å². The lowest BCUT2D eigenvalue weighted by Crippen LogP contribution is -2.61. The summed E-state index contributed by atoms with van der Waals surface area (Å²) in [6, 6.07) is 2.60. The molecular formula is C15H27N3S. The van der Waals surface area contributed by atoms with Gasteiger partial charge in [-0.15, -0.1) is 0 Å². The summed E-state index contributed by atoms with van der Waals surface area (Å²) in [6.07, 6.45) is 8.79. The van der Waals surface area contributed by atoms with E-state index in [0.717, 1.165) is 12.8 Å². The molecule has 1 aliphatic rings. The van der Waals surface area contributed by atoms with Gasteiger partial charge < -0.3 is 4.90 Å². The minimum atomic E-state index is 0.239. The number of hydrogen-bond acceptors (Lipinski definition) is 4. The van der Waals surface area contributed by atoms with Crippen molar-refractivity contribution in [1.29, 1.82) is 0 Å². The molecule has 0 aliphatic heterocycles. The molecule has 1 fully saturated rings. The third-order valence-corrected chi connectivity index (χ3v) is 5.49. The fourth-order valence-corrected chi connectivity index (χ4v) is 4.23. The van der Waals surface area contributed by atoms with E-state index in [9.17, 15) is 0 Å². The van der Waals surface area contributed by atoms with Crippen LogP contribution in [-0.4, -0.2) is 30.6 Å². The van der Waals surface area contributed by atoms with Gasteiger partial charge in [-0.2, -0.15) is 11.3 Å². The number of aryl methyl sites for hydroxylation is 1. The number of hydrazine groups is 1. The van der Waals surface area contributed by atoms with E-state index in [4.69, 9.17) is 5.84 Å². The van der Waals surface area contributed by atoms with Crippen molar-refractivity contribution in [3.63, 3.8) is 0 Å². The van der Waals surface area contributed by atoms with Gasteiger partial charge in [-0.1, -0.05) is 19.3 Å². The van der Waals surface area contributed by atoms with Crippen LogP contribution in [0, 0.1) is 0 Å². The van der Waals surface area contributed by atoms with Gasteiger partial charge in [-0.05, 0) is 62.2 Å². The predicted molar refractivity (Wildman–Crippen MR) is 83.3 cm³/mol. The fourth-order valence-electron chi connectivity index (χ4n) is 3.52. The summed E-state index contributed by atoms with van der Waals surface area (Å²) >= 11 is 1.78. The quantitative estimate of drug-likeness (QED) is 0.622. The number of nitrogens with one attached hydrogen (secondary N) is 1. The van der Waals surface area contributed by atoms with Crippen molar-refractivity contribution in [3.05, 3.63) is 22.4 Å². The first-order valence-electron chi connectivity index (χ1n) is 7.34. The molecule has 19 heavy (non-hydrogen) atoms. The SMILES string of the molecule is CN(C)C1(C(CCc2ccsc2)NN)CCCCC1. The number of likely N-dealkylation sites (N-methyl/N-ethyl adjacent to an activating group) is 1. The molecule has 108 valence electrons. The lowest BCUT2D eigenvalue weighted by atomic mass is 9.74. The van der Waals surface area contributed by atoms with E-state index in [1.807, 2.05) is 0 Å². The normalized spacial score (nSPS) is 20.6. The van der Waals surface area contributed by atoms with Gasteiger partial charge in [0.05, 0.1) is 0 Å². The van der Waals surface area contributed by atoms with Crippen LogP contribution in [0.2, 0.25) is 0 Å². The smallest absolute Gasteiger partial charge is 0.0397 e. The highest BCUT2D eigenvalue weighted by molar-refractivity contribution is 7.07. The third-order valence-electron chi connectivity index (χ3n) is 4.76. The molecule has 1 saturated carbocycles. The molecular weight excluding hydrogens is 254 g/mol. The molecule has 2 rings (SSSR count). The number of thiophene rings is 1. The monoisotopic (exact) mass is 281 g/mol. The van der Waals surface area contributed by atoms with Crippen LogP contribution in [0.25, 0.3) is 0 Å². The zero-order valence-electron chi connectivity index (χ0n) is 12.2. The molecule has 1 unspecified atom stereocenters. The molecule has 0 amide bonds. The van der Waals surface area contributed by atoms with Gasteiger partial charge in [0, 0.05) is 11.6 Å². The second kappa shape index (κ2) is 6.84. The van der Waals surface area contributed by atoms with Crippen LogP contribution < -0.4 is 11.3 Å². The number of nitrogens with zero attached hydrogens (tertiary/aromatic N) is 1. The van der Waals surface area contributed by atoms with Crippen LogP contribution in [0.1, 0.15) is 44.1 Å². The molecule has 0 saturated heterocycles. The lowest BCUT2D eigenvalue weighted by Gasteiger charge is -2.48. The Labute approximate surface area is 121 Å². The van der Waals surface area contributed by atoms with Crippen molar-refractivity contribution in [1.82, 2.24) is 10.3 Å². The van der Waals surface area contributed by atoms with Gasteiger partial charge in [0.2, 0.25) is 0 Å². The number of hydrogen-bond donors (Lipinski definition) is 2. The molecule has 0 aromatic carbocycles. The van der Waals surface area contributed by atoms with Gasteiger partial charge in [0.15, 0.2) is 0 Å². The zero-order valence-corrected chi connectivity index (χ0v) is 13.0. The largest absolute Gasteiger partial charge is 0.302 e. The highest BCUT2D eigenvalue weighted by Crippen LogP contribution is 2.36. The molecule has 3 N–H and O–H groups in total. The highest BCUT2D eigenvalue weighted by atomic mass is 32.1. The standard InChI is InChI=1S/C15H27N3S/c1-18(2)15(9-4-3-5-10-15)14(17-16)7-6-13-8-11-19-12-13/h8,11-12,14,17H,3-7,9-10,16H2,1-2H3. The van der Waals surface area contributed by atoms with E-state index >= 15 is 0 Å². The zero-order chi connectivity index (χ0) is 13.7. The van der Waals surface area contributed by atoms with Crippen LogP contribution in [0.3, 0.4) is 0 Å². The molecule has 1 heterocycles. The van der Waals surface area contributed by atoms with Crippen molar-refractivity contribution < 1.29 is 0 Å². The summed E-state index contributed by atoms with van der Waals surface area (Å²) < 4.78 is 0. The average Bonchev–Trinajstić information content (AvgIpc) is 2.93. The Balaban J connectivity index is 2.04. The van der Waals surface area contributed by atoms with E-state index < -0.39 is 0 Å². The summed E-state index contributed by atoms with van der Waals surface area (Å²) in [5.74, 6) is 5.89. The van der Waals surface area contributed by atoms with Crippen molar-refractivity contribution in [3.8, 4) is 0 Å². The molecule has 0 spiro atoms. The van der Waals surface area contributed by atoms with Crippen molar-refractivity contribution in [2.45, 2.75) is 56.5 Å². The van der Waals surface area contributed by atoms with Gasteiger partial charge in [-0.3, -0.25) is 11.3 Å². The molecule has 4 heteroatoms. The van der Waals surface area contributed by atoms with Gasteiger partial charge in [0.1, 0.15) is 0 Å². The first kappa shape index (κ1) is 15.0. The maximum atomic E-state index is 5.89. The Morgan fingerprint density at radius 3 is 2.63 bits per heavy atom. The summed E-state index contributed by atoms with van der Waals surface area (Å²) in [5, 5.41) is 4.40. The minimum Gasteiger partial charge on any atom is -0.302 e. The summed E-state index contributed by atoms with van der Waals surface area (Å²) in [6.45, 7) is 0. The van der Waals surface area contributed by atoms with Gasteiger partial charge in [0.25, 0.3) is 0 Å². The Hall–Kier alpha value is -0.420. The van der Waals surface area contributed by atoms with Gasteiger partial charge in [-0.25, -0.2) is 0 Å². The van der Waals surface area contributed by atoms with Crippen molar-refractivity contribution in [2.75, 3.05) is 14.1 Å². The molecule has 1 aromatic rings. The Kier molecular flexibility index (Phi) is 5.39. The minimum absolute atomic E-state index is 0.239. The summed E-state index contributed by atoms with van der Waals surface area (Å²) in [5.41, 5.74) is 4.80. The highest BCUT2D eigenvalue weighted by Gasteiger charge is 2.40. The topological polar surface area (TPSA) is 41.3 Å². The maximum absolute atomic E-state index is 5.89. The Bertz CT molecular complexity index is 355. The van der Waals surface area contributed by atoms with Crippen LogP contribution in [0.5, 0.6) is 0 Å². The van der Waals surface area contributed by atoms with E-state index in [1.165, 1.54) is 37.7 Å². The molecule has 0 bridgehead atoms. The Morgan fingerprint density at radius 1 is 1.37 bits per heavy atom. The van der Waals surface area contributed by atoms with Crippen LogP contribution in [-0.2, 0) is 6.42 Å². The third kappa shape index (κ3) is 3.37. The fraction of sp³-hybridized carbons (Fsp3) is 0.733. The van der Waals surface area contributed by atoms with Crippen LogP contribution in [0.4, 0.5) is 0 Å². The number of rotatable bonds is 6. The summed E-state index contributed by atoms with van der Waals surface area (Å²) in [7, 11) is 4.42. The first-order valence-corrected chi connectivity index (χ1v) is 8.28. The van der Waals surface area contributed by atoms with Crippen molar-refractivity contribution in [2.24, 2.45) is 5.84 Å². The molecule has 1 aliphatic carbocycles. The second-order valence-corrected chi connectivity index (χ2v) is 6.73. The predicted octanol–water partition coefficient (Wildman–Crippen LogP) is 2.78. The van der Waals surface area contributed by atoms with Crippen molar-refractivity contribution >= 4 is 11.3 Å². The van der Waals surface area contributed by atoms with E-state index in [0.29, 0.717) is 6.04 Å². The Morgan fingerprint density at radius 2 is 2.11 bits per heavy atom. The van der Waals surface area contributed by atoms with Crippen LogP contribution >= 0.6 is 11.3 Å². The van der Waals surface area contributed by atoms with E-state index in [2.05, 4.69) is 41.2 Å². The van der Waals surface area contributed by atoms with Gasteiger partial charge >= 0.3 is 0 Å². The molecule has 3 nitrogen and oxygen atoms in total. The summed E-state index contributed by atoms with van der Waals surface area (Å²) in [4.78, 5) is 2.41. The molecule has 1 aromatic heterocycles. The van der Waals surface area contributed by atoms with Crippen LogP contribution in [0.15, 0.2) is 16.8 Å². The second-order valence-electron chi connectivity index (χ2n) is 5.95. The van der Waals surface area contributed by atoms with E-state index in [-0.39, 0.29) is 5.54 Å². The average molecular weight is 281 g/mol. The maximum Gasteiger partial charge on any atom is 0.0397 e. The molecule has 0 radical (unpaired) electrons.